The number of amides is 1. The average molecular weight is 514 g/mol. The topological polar surface area (TPSA) is 76.1 Å². The lowest BCUT2D eigenvalue weighted by Crippen LogP contribution is -2.29. The number of aryl methyl sites for hydroxylation is 3. The number of aliphatic hydroxyl groups excluding tert-OH is 1. The van der Waals surface area contributed by atoms with Gasteiger partial charge in [0.2, 0.25) is 0 Å². The Bertz CT molecular complexity index is 1400. The number of Topliss-reactive ketones (excluding diaryl/α,β-unsaturated/α-hetero) is 1. The highest BCUT2D eigenvalue weighted by Crippen LogP contribution is 2.43. The zero-order valence-corrected chi connectivity index (χ0v) is 22.9. The molecule has 1 saturated heterocycles. The number of nitrogens with zero attached hydrogens (tertiary/aromatic N) is 1. The highest BCUT2D eigenvalue weighted by atomic mass is 16.5. The van der Waals surface area contributed by atoms with E-state index in [2.05, 4.69) is 0 Å². The number of rotatable bonds is 8. The van der Waals surface area contributed by atoms with Crippen LogP contribution in [0, 0.1) is 20.8 Å². The molecular formula is C32H35NO5. The summed E-state index contributed by atoms with van der Waals surface area (Å²) in [5, 5.41) is 11.5. The Balaban J connectivity index is 1.90. The molecule has 1 heterocycles. The first-order chi connectivity index (χ1) is 18.1. The van der Waals surface area contributed by atoms with E-state index in [1.807, 2.05) is 84.0 Å². The van der Waals surface area contributed by atoms with Gasteiger partial charge in [0, 0.05) is 11.3 Å². The van der Waals surface area contributed by atoms with Gasteiger partial charge < -0.3 is 14.6 Å². The van der Waals surface area contributed by atoms with Crippen LogP contribution in [0.2, 0.25) is 0 Å². The number of aliphatic hydroxyl groups is 1. The highest BCUT2D eigenvalue weighted by Gasteiger charge is 2.47. The number of carbonyl (C=O) groups excluding carboxylic acids is 2. The van der Waals surface area contributed by atoms with E-state index in [9.17, 15) is 14.7 Å². The second kappa shape index (κ2) is 11.1. The van der Waals surface area contributed by atoms with Gasteiger partial charge in [-0.25, -0.2) is 0 Å². The molecule has 3 aromatic carbocycles. The smallest absolute Gasteiger partial charge is 0.300 e. The SMILES string of the molecule is CCCOc1ccc(/C(O)=C2\C(=O)C(=O)N(c3ccc(C)c(C)c3)C2c2cccc(OC(C)C)c2)cc1C. The molecule has 38 heavy (non-hydrogen) atoms. The summed E-state index contributed by atoms with van der Waals surface area (Å²) >= 11 is 0. The molecule has 0 aliphatic carbocycles. The molecule has 1 aliphatic heterocycles. The Morgan fingerprint density at radius 2 is 1.71 bits per heavy atom. The van der Waals surface area contributed by atoms with Crippen molar-refractivity contribution in [2.75, 3.05) is 11.5 Å². The van der Waals surface area contributed by atoms with Crippen molar-refractivity contribution in [2.24, 2.45) is 0 Å². The Kier molecular flexibility index (Phi) is 7.91. The van der Waals surface area contributed by atoms with Crippen LogP contribution in [-0.2, 0) is 9.59 Å². The van der Waals surface area contributed by atoms with Crippen LogP contribution in [0.4, 0.5) is 5.69 Å². The van der Waals surface area contributed by atoms with Gasteiger partial charge in [-0.3, -0.25) is 14.5 Å². The lowest BCUT2D eigenvalue weighted by atomic mass is 9.94. The molecule has 6 nitrogen and oxygen atoms in total. The summed E-state index contributed by atoms with van der Waals surface area (Å²) in [4.78, 5) is 28.5. The summed E-state index contributed by atoms with van der Waals surface area (Å²) in [5.41, 5.74) is 4.65. The van der Waals surface area contributed by atoms with E-state index in [0.29, 0.717) is 34.9 Å². The summed E-state index contributed by atoms with van der Waals surface area (Å²) in [7, 11) is 0. The van der Waals surface area contributed by atoms with Crippen molar-refractivity contribution in [3.05, 3.63) is 94.1 Å². The summed E-state index contributed by atoms with van der Waals surface area (Å²) in [6.07, 6.45) is 0.829. The average Bonchev–Trinajstić information content (AvgIpc) is 3.14. The molecule has 0 aromatic heterocycles. The fraction of sp³-hybridized carbons (Fsp3) is 0.312. The second-order valence-corrected chi connectivity index (χ2v) is 10.0. The molecule has 0 bridgehead atoms. The van der Waals surface area contributed by atoms with E-state index < -0.39 is 17.7 Å². The van der Waals surface area contributed by atoms with E-state index in [0.717, 1.165) is 23.1 Å². The molecule has 1 N–H and O–H groups in total. The third-order valence-corrected chi connectivity index (χ3v) is 6.67. The van der Waals surface area contributed by atoms with Gasteiger partial charge in [-0.15, -0.1) is 0 Å². The third-order valence-electron chi connectivity index (χ3n) is 6.67. The van der Waals surface area contributed by atoms with Crippen LogP contribution in [-0.4, -0.2) is 29.5 Å². The van der Waals surface area contributed by atoms with Gasteiger partial charge in [0.25, 0.3) is 11.7 Å². The minimum absolute atomic E-state index is 0.0385. The van der Waals surface area contributed by atoms with Gasteiger partial charge in [-0.1, -0.05) is 25.1 Å². The molecule has 6 heteroatoms. The molecule has 4 rings (SSSR count). The highest BCUT2D eigenvalue weighted by molar-refractivity contribution is 6.51. The number of anilines is 1. The van der Waals surface area contributed by atoms with Crippen molar-refractivity contribution in [2.45, 2.75) is 60.1 Å². The molecule has 1 aliphatic rings. The van der Waals surface area contributed by atoms with Crippen molar-refractivity contribution in [1.29, 1.82) is 0 Å². The van der Waals surface area contributed by atoms with Crippen LogP contribution in [0.1, 0.15) is 61.1 Å². The molecule has 1 unspecified atom stereocenters. The maximum atomic E-state index is 13.5. The first-order valence-electron chi connectivity index (χ1n) is 13.0. The van der Waals surface area contributed by atoms with Crippen LogP contribution < -0.4 is 14.4 Å². The summed E-state index contributed by atoms with van der Waals surface area (Å²) < 4.78 is 11.7. The van der Waals surface area contributed by atoms with E-state index in [1.54, 1.807) is 18.2 Å². The van der Waals surface area contributed by atoms with Crippen LogP contribution >= 0.6 is 0 Å². The van der Waals surface area contributed by atoms with Crippen LogP contribution in [0.25, 0.3) is 5.76 Å². The Morgan fingerprint density at radius 1 is 0.947 bits per heavy atom. The standard InChI is InChI=1S/C32H35NO5/c1-7-15-37-27-14-12-24(16-22(27)6)30(34)28-29(23-9-8-10-26(18-23)38-19(2)3)33(32(36)31(28)35)25-13-11-20(4)21(5)17-25/h8-14,16-19,29,34H,7,15H2,1-6H3/b30-28+. The quantitative estimate of drug-likeness (QED) is 0.203. The van der Waals surface area contributed by atoms with Crippen molar-refractivity contribution in [1.82, 2.24) is 0 Å². The number of carbonyl (C=O) groups is 2. The molecule has 3 aromatic rings. The Labute approximate surface area is 224 Å². The monoisotopic (exact) mass is 513 g/mol. The van der Waals surface area contributed by atoms with Gasteiger partial charge in [-0.2, -0.15) is 0 Å². The van der Waals surface area contributed by atoms with E-state index in [1.165, 1.54) is 4.90 Å². The summed E-state index contributed by atoms with van der Waals surface area (Å²) in [6.45, 7) is 12.3. The van der Waals surface area contributed by atoms with Gasteiger partial charge in [0.1, 0.15) is 17.3 Å². The number of benzene rings is 3. The van der Waals surface area contributed by atoms with Gasteiger partial charge >= 0.3 is 0 Å². The normalized spacial score (nSPS) is 16.8. The van der Waals surface area contributed by atoms with E-state index in [-0.39, 0.29) is 17.4 Å². The van der Waals surface area contributed by atoms with E-state index in [4.69, 9.17) is 9.47 Å². The second-order valence-electron chi connectivity index (χ2n) is 10.0. The van der Waals surface area contributed by atoms with Gasteiger partial charge in [0.05, 0.1) is 24.3 Å². The fourth-order valence-corrected chi connectivity index (χ4v) is 4.65. The number of hydrogen-bond acceptors (Lipinski definition) is 5. The van der Waals surface area contributed by atoms with Crippen molar-refractivity contribution < 1.29 is 24.2 Å². The molecule has 1 amide bonds. The number of hydrogen-bond donors (Lipinski definition) is 1. The molecule has 1 atom stereocenters. The van der Waals surface area contributed by atoms with Crippen molar-refractivity contribution >= 4 is 23.1 Å². The van der Waals surface area contributed by atoms with E-state index >= 15 is 0 Å². The predicted octanol–water partition coefficient (Wildman–Crippen LogP) is 6.81. The van der Waals surface area contributed by atoms with Crippen LogP contribution in [0.5, 0.6) is 11.5 Å². The maximum Gasteiger partial charge on any atom is 0.300 e. The molecule has 0 saturated carbocycles. The van der Waals surface area contributed by atoms with Crippen LogP contribution in [0.3, 0.4) is 0 Å². The van der Waals surface area contributed by atoms with Gasteiger partial charge in [0.15, 0.2) is 0 Å². The zero-order valence-electron chi connectivity index (χ0n) is 22.9. The van der Waals surface area contributed by atoms with Gasteiger partial charge in [-0.05, 0) is 106 Å². The van der Waals surface area contributed by atoms with Crippen molar-refractivity contribution in [3.63, 3.8) is 0 Å². The third kappa shape index (κ3) is 5.30. The molecular weight excluding hydrogens is 478 g/mol. The molecule has 0 radical (unpaired) electrons. The molecule has 198 valence electrons. The Hall–Kier alpha value is -4.06. The fourth-order valence-electron chi connectivity index (χ4n) is 4.65. The zero-order chi connectivity index (χ0) is 27.6. The minimum Gasteiger partial charge on any atom is -0.507 e. The number of ether oxygens (including phenoxy) is 2. The summed E-state index contributed by atoms with van der Waals surface area (Å²) in [5.74, 6) is -0.301. The largest absolute Gasteiger partial charge is 0.507 e. The first kappa shape index (κ1) is 27.0. The maximum absolute atomic E-state index is 13.5. The summed E-state index contributed by atoms with van der Waals surface area (Å²) in [6, 6.07) is 17.4. The first-order valence-corrected chi connectivity index (χ1v) is 13.0. The number of ketones is 1. The van der Waals surface area contributed by atoms with Crippen LogP contribution in [0.15, 0.2) is 66.2 Å². The molecule has 0 spiro atoms. The Morgan fingerprint density at radius 3 is 2.37 bits per heavy atom. The molecule has 1 fully saturated rings. The lowest BCUT2D eigenvalue weighted by Gasteiger charge is -2.26. The predicted molar refractivity (Wildman–Crippen MR) is 150 cm³/mol. The van der Waals surface area contributed by atoms with Crippen molar-refractivity contribution in [3.8, 4) is 11.5 Å². The minimum atomic E-state index is -0.829. The lowest BCUT2D eigenvalue weighted by molar-refractivity contribution is -0.132.